The van der Waals surface area contributed by atoms with E-state index >= 15 is 0 Å². The Morgan fingerprint density at radius 1 is 1.08 bits per heavy atom. The molecule has 1 amide bonds. The summed E-state index contributed by atoms with van der Waals surface area (Å²) >= 11 is 0. The number of sulfonamides is 1. The summed E-state index contributed by atoms with van der Waals surface area (Å²) in [6.45, 7) is 0.485. The summed E-state index contributed by atoms with van der Waals surface area (Å²) in [4.78, 5) is 12.1. The zero-order valence-corrected chi connectivity index (χ0v) is 14.7. The van der Waals surface area contributed by atoms with Crippen LogP contribution in [0.15, 0.2) is 53.4 Å². The average molecular weight is 366 g/mol. The Labute approximate surface area is 146 Å². The van der Waals surface area contributed by atoms with Crippen molar-refractivity contribution in [3.8, 4) is 5.75 Å². The Bertz CT molecular complexity index is 819. The van der Waals surface area contributed by atoms with Gasteiger partial charge in [-0.1, -0.05) is 0 Å². The number of hydrogen-bond acceptors (Lipinski definition) is 4. The molecule has 2 aromatic rings. The van der Waals surface area contributed by atoms with E-state index in [-0.39, 0.29) is 29.8 Å². The van der Waals surface area contributed by atoms with Crippen LogP contribution in [0.5, 0.6) is 5.75 Å². The predicted octanol–water partition coefficient (Wildman–Crippen LogP) is 1.88. The first-order valence-corrected chi connectivity index (χ1v) is 8.94. The molecular formula is C17H19FN2O4S. The van der Waals surface area contributed by atoms with Gasteiger partial charge >= 0.3 is 0 Å². The molecule has 8 heteroatoms. The van der Waals surface area contributed by atoms with Crippen molar-refractivity contribution in [1.29, 1.82) is 0 Å². The monoisotopic (exact) mass is 366 g/mol. The Morgan fingerprint density at radius 2 is 1.68 bits per heavy atom. The first-order chi connectivity index (χ1) is 11.8. The topological polar surface area (TPSA) is 75.7 Å². The molecular weight excluding hydrogens is 347 g/mol. The Kier molecular flexibility index (Phi) is 6.11. The summed E-state index contributed by atoms with van der Waals surface area (Å²) in [7, 11) is -0.636. The second-order valence-corrected chi connectivity index (χ2v) is 7.52. The number of halogens is 1. The summed E-state index contributed by atoms with van der Waals surface area (Å²) in [6.07, 6.45) is 0. The Hall–Kier alpha value is -2.45. The molecule has 0 heterocycles. The lowest BCUT2D eigenvalue weighted by Crippen LogP contribution is -2.28. The van der Waals surface area contributed by atoms with Crippen molar-refractivity contribution in [2.45, 2.75) is 4.90 Å². The number of carbonyl (C=O) groups excluding carboxylic acids is 1. The minimum absolute atomic E-state index is 0.119. The molecule has 1 N–H and O–H groups in total. The molecule has 0 aliphatic rings. The molecule has 6 nitrogen and oxygen atoms in total. The van der Waals surface area contributed by atoms with Crippen LogP contribution in [-0.2, 0) is 10.0 Å². The minimum atomic E-state index is -3.52. The second-order valence-electron chi connectivity index (χ2n) is 5.37. The molecule has 0 spiro atoms. The first kappa shape index (κ1) is 18.9. The summed E-state index contributed by atoms with van der Waals surface area (Å²) in [5, 5.41) is 2.66. The van der Waals surface area contributed by atoms with Crippen molar-refractivity contribution in [2.24, 2.45) is 0 Å². The molecule has 0 unspecified atom stereocenters. The highest BCUT2D eigenvalue weighted by Gasteiger charge is 2.17. The third-order valence-electron chi connectivity index (χ3n) is 3.37. The van der Waals surface area contributed by atoms with Gasteiger partial charge in [-0.3, -0.25) is 4.79 Å². The Balaban J connectivity index is 1.85. The fourth-order valence-corrected chi connectivity index (χ4v) is 2.86. The maximum absolute atomic E-state index is 12.8. The van der Waals surface area contributed by atoms with Crippen LogP contribution < -0.4 is 10.1 Å². The number of nitrogens with one attached hydrogen (secondary N) is 1. The fourth-order valence-electron chi connectivity index (χ4n) is 1.96. The smallest absolute Gasteiger partial charge is 0.251 e. The van der Waals surface area contributed by atoms with Gasteiger partial charge in [-0.25, -0.2) is 17.1 Å². The van der Waals surface area contributed by atoms with E-state index in [1.54, 1.807) is 0 Å². The van der Waals surface area contributed by atoms with Crippen molar-refractivity contribution < 1.29 is 22.3 Å². The number of amides is 1. The minimum Gasteiger partial charge on any atom is -0.492 e. The van der Waals surface area contributed by atoms with Gasteiger partial charge in [-0.15, -0.1) is 0 Å². The number of benzene rings is 2. The molecule has 0 aromatic heterocycles. The van der Waals surface area contributed by atoms with Crippen LogP contribution in [-0.4, -0.2) is 45.9 Å². The summed E-state index contributed by atoms with van der Waals surface area (Å²) in [5.74, 6) is -0.175. The molecule has 0 radical (unpaired) electrons. The summed E-state index contributed by atoms with van der Waals surface area (Å²) < 4.78 is 43.2. The Morgan fingerprint density at radius 3 is 2.24 bits per heavy atom. The molecule has 0 saturated heterocycles. The number of carbonyl (C=O) groups is 1. The predicted molar refractivity (Wildman–Crippen MR) is 91.5 cm³/mol. The number of nitrogens with zero attached hydrogens (tertiary/aromatic N) is 1. The van der Waals surface area contributed by atoms with Crippen LogP contribution in [0.2, 0.25) is 0 Å². The second kappa shape index (κ2) is 8.09. The van der Waals surface area contributed by atoms with E-state index in [9.17, 15) is 17.6 Å². The lowest BCUT2D eigenvalue weighted by atomic mass is 10.2. The third kappa shape index (κ3) is 5.01. The van der Waals surface area contributed by atoms with E-state index in [0.29, 0.717) is 11.3 Å². The molecule has 2 aromatic carbocycles. The van der Waals surface area contributed by atoms with Crippen molar-refractivity contribution in [3.63, 3.8) is 0 Å². The lowest BCUT2D eigenvalue weighted by molar-refractivity contribution is 0.0947. The summed E-state index contributed by atoms with van der Waals surface area (Å²) in [6, 6.07) is 11.3. The highest BCUT2D eigenvalue weighted by molar-refractivity contribution is 7.89. The summed E-state index contributed by atoms with van der Waals surface area (Å²) in [5.41, 5.74) is 0.347. The normalized spacial score (nSPS) is 11.4. The van der Waals surface area contributed by atoms with Gasteiger partial charge in [0, 0.05) is 19.7 Å². The van der Waals surface area contributed by atoms with E-state index in [1.807, 2.05) is 0 Å². The molecule has 25 heavy (non-hydrogen) atoms. The van der Waals surface area contributed by atoms with Gasteiger partial charge in [0.25, 0.3) is 5.91 Å². The fraction of sp³-hybridized carbons (Fsp3) is 0.235. The maximum atomic E-state index is 12.8. The van der Waals surface area contributed by atoms with Gasteiger partial charge in [0.15, 0.2) is 0 Å². The van der Waals surface area contributed by atoms with Crippen LogP contribution in [0.3, 0.4) is 0 Å². The van der Waals surface area contributed by atoms with E-state index in [2.05, 4.69) is 5.32 Å². The highest BCUT2D eigenvalue weighted by atomic mass is 32.2. The van der Waals surface area contributed by atoms with Gasteiger partial charge in [0.1, 0.15) is 18.2 Å². The standard InChI is InChI=1S/C17H19FN2O4S/c1-20(2)25(22,23)16-9-3-13(4-10-16)17(21)19-11-12-24-15-7-5-14(18)6-8-15/h3-10H,11-12H2,1-2H3,(H,19,21). The first-order valence-electron chi connectivity index (χ1n) is 7.50. The van der Waals surface area contributed by atoms with Crippen LogP contribution >= 0.6 is 0 Å². The SMILES string of the molecule is CN(C)S(=O)(=O)c1ccc(C(=O)NCCOc2ccc(F)cc2)cc1. The molecule has 0 atom stereocenters. The van der Waals surface area contributed by atoms with Gasteiger partial charge in [-0.05, 0) is 48.5 Å². The van der Waals surface area contributed by atoms with E-state index in [4.69, 9.17) is 4.74 Å². The molecule has 0 aliphatic carbocycles. The zero-order chi connectivity index (χ0) is 18.4. The van der Waals surface area contributed by atoms with Crippen LogP contribution in [0.25, 0.3) is 0 Å². The molecule has 0 saturated carbocycles. The van der Waals surface area contributed by atoms with Gasteiger partial charge in [-0.2, -0.15) is 0 Å². The van der Waals surface area contributed by atoms with E-state index < -0.39 is 10.0 Å². The number of rotatable bonds is 7. The maximum Gasteiger partial charge on any atom is 0.251 e. The van der Waals surface area contributed by atoms with Gasteiger partial charge < -0.3 is 10.1 Å². The third-order valence-corrected chi connectivity index (χ3v) is 5.19. The quantitative estimate of drug-likeness (QED) is 0.760. The highest BCUT2D eigenvalue weighted by Crippen LogP contribution is 2.14. The van der Waals surface area contributed by atoms with Gasteiger partial charge in [0.2, 0.25) is 10.0 Å². The largest absolute Gasteiger partial charge is 0.492 e. The van der Waals surface area contributed by atoms with Crippen molar-refractivity contribution in [1.82, 2.24) is 9.62 Å². The van der Waals surface area contributed by atoms with E-state index in [1.165, 1.54) is 62.6 Å². The number of hydrogen-bond donors (Lipinski definition) is 1. The molecule has 134 valence electrons. The molecule has 0 fully saturated rings. The van der Waals surface area contributed by atoms with Crippen molar-refractivity contribution in [3.05, 3.63) is 59.9 Å². The lowest BCUT2D eigenvalue weighted by Gasteiger charge is -2.12. The van der Waals surface area contributed by atoms with E-state index in [0.717, 1.165) is 4.31 Å². The van der Waals surface area contributed by atoms with Crippen LogP contribution in [0, 0.1) is 5.82 Å². The van der Waals surface area contributed by atoms with Crippen LogP contribution in [0.4, 0.5) is 4.39 Å². The zero-order valence-electron chi connectivity index (χ0n) is 13.9. The molecule has 0 aliphatic heterocycles. The van der Waals surface area contributed by atoms with Gasteiger partial charge in [0.05, 0.1) is 11.4 Å². The molecule has 2 rings (SSSR count). The molecule has 0 bridgehead atoms. The van der Waals surface area contributed by atoms with Crippen LogP contribution in [0.1, 0.15) is 10.4 Å². The van der Waals surface area contributed by atoms with Crippen molar-refractivity contribution >= 4 is 15.9 Å². The number of ether oxygens (including phenoxy) is 1. The van der Waals surface area contributed by atoms with Crippen molar-refractivity contribution in [2.75, 3.05) is 27.2 Å². The average Bonchev–Trinajstić information content (AvgIpc) is 2.60.